The molecule has 754 valence electrons. The van der Waals surface area contributed by atoms with Gasteiger partial charge >= 0.3 is 23.9 Å². The lowest BCUT2D eigenvalue weighted by atomic mass is 9.86. The number of pyridine rings is 1. The number of likely N-dealkylation sites (N-methyl/N-ethyl adjacent to an activating group) is 2. The monoisotopic (exact) mass is 1840 g/mol. The second-order valence-electron chi connectivity index (χ2n) is 45.1. The number of ether oxygens (including phenoxy) is 4. The van der Waals surface area contributed by atoms with Crippen LogP contribution in [0.1, 0.15) is 341 Å². The SMILES string of the molecule is C/C=C/C(=O)OC(C)C(C)(C)C.C/C=C/C(=O)OCC(C)(C)C.C=CC(=O)N(CC)CC(C)(C)C.C=CC(=O)N(CC)CCC(C)(C)C.C=CC(=O)OC(C)C(C)(C)C.C=CC(=O)OCC(C)(C)C.C=CCN(CC(C)(C)C)C(=O)C=C.C=CCN(CCC(C)(C)C)C(=O)C=C.C=Cc1ncccc1C(C)(C)C.CC(C)=CC(=O)CC(C)(C)C.CC(C)=CC(=O)CCC(C)(C)C. The molecule has 0 N–H and O–H groups in total. The maximum Gasteiger partial charge on any atom is 0.330 e. The van der Waals surface area contributed by atoms with Crippen molar-refractivity contribution >= 4 is 65.1 Å². The molecule has 0 saturated heterocycles. The van der Waals surface area contributed by atoms with E-state index in [9.17, 15) is 47.9 Å². The fourth-order valence-corrected chi connectivity index (χ4v) is 8.95. The molecule has 19 heteroatoms. The molecular formula is C112H197N5O14. The van der Waals surface area contributed by atoms with Crippen molar-refractivity contribution in [3.05, 3.63) is 185 Å². The first-order chi connectivity index (χ1) is 58.9. The fraction of sp³-hybridized carbons (Fsp3) is 0.634. The minimum atomic E-state index is -0.354. The molecule has 0 aliphatic rings. The Bertz CT molecular complexity index is 3640. The van der Waals surface area contributed by atoms with Crippen LogP contribution in [0.4, 0.5) is 0 Å². The maximum absolute atomic E-state index is 11.4. The van der Waals surface area contributed by atoms with E-state index in [4.69, 9.17) is 18.9 Å². The summed E-state index contributed by atoms with van der Waals surface area (Å²) in [4.78, 5) is 122. The number of hydrogen-bond donors (Lipinski definition) is 0. The second kappa shape index (κ2) is 72.4. The average Bonchev–Trinajstić information content (AvgIpc) is 0.837. The first-order valence-electron chi connectivity index (χ1n) is 46.0. The van der Waals surface area contributed by atoms with Crippen molar-refractivity contribution in [2.75, 3.05) is 65.6 Å². The number of allylic oxidation sites excluding steroid dienone is 6. The summed E-state index contributed by atoms with van der Waals surface area (Å²) in [5, 5.41) is 0. The lowest BCUT2D eigenvalue weighted by molar-refractivity contribution is -0.147. The smallest absolute Gasteiger partial charge is 0.330 e. The van der Waals surface area contributed by atoms with Gasteiger partial charge in [-0.25, -0.2) is 19.2 Å². The van der Waals surface area contributed by atoms with Crippen molar-refractivity contribution in [3.8, 4) is 0 Å². The molecule has 0 aliphatic carbocycles. The van der Waals surface area contributed by atoms with Gasteiger partial charge in [-0.05, 0) is 202 Å². The third kappa shape index (κ3) is 106. The van der Waals surface area contributed by atoms with Crippen LogP contribution in [-0.4, -0.2) is 161 Å². The molecule has 0 radical (unpaired) electrons. The van der Waals surface area contributed by atoms with Crippen molar-refractivity contribution in [3.63, 3.8) is 0 Å². The number of carbonyl (C=O) groups excluding carboxylic acids is 10. The zero-order chi connectivity index (χ0) is 106. The number of hydrogen-bond acceptors (Lipinski definition) is 15. The standard InChI is InChI=1S/C12H21NO.C11H21NO.C11H19NO.C11H15N.C11H20O.C10H19NO.C10H18O2.C10H18O.2C9H16O2.C8H14O2/c1-6-9-13(11(14)7-2)10-8-12(3,4)5;1-6-10(13)12(7-2)9-8-11(3,4)5;1-6-8-12(10(13)7-2)9-11(3,4)5;1-5-10-9(11(2,3)4)7-6-8-12-10;1-9(2)8-10(12)6-7-11(3,4)5;1-6-9(12)11(7-2)8-10(3,4)5;1-6-7-9(11)12-8(2)10(3,4)5;1-8(2)6-9(11)7-10(3,4)5;1-6-8(10)11-7(2)9(3,4)5;1-5-6-8(10)11-7-9(2,3)4;1-5-7(9)10-6-8(2,3)4/h6-7H,1-2,8-10H2,3-5H3;6H,1,7-9H2,2-5H3;6-7H,1-2,8-9H2,3-5H3;5-8H,1H2,2-4H3;8H,6-7H2,1-5H3;6H,1,7-8H2,2-5H3;6-8H,1-5H3;6H,7H2,1-5H3;6-7H,1H2,2-5H3;5-6H,7H2,1-4H3;5H,1,6H2,2-4H3/b;;;;;;7-6+;;;6-5+;. The highest BCUT2D eigenvalue weighted by Crippen LogP contribution is 2.28. The van der Waals surface area contributed by atoms with E-state index < -0.39 is 0 Å². The summed E-state index contributed by atoms with van der Waals surface area (Å²) in [7, 11) is 0. The van der Waals surface area contributed by atoms with Gasteiger partial charge in [-0.3, -0.25) is 33.8 Å². The van der Waals surface area contributed by atoms with Crippen LogP contribution in [0.3, 0.4) is 0 Å². The number of esters is 4. The molecule has 0 bridgehead atoms. The highest BCUT2D eigenvalue weighted by atomic mass is 16.6. The summed E-state index contributed by atoms with van der Waals surface area (Å²) in [5.41, 5.74) is 5.86. The van der Waals surface area contributed by atoms with Crippen molar-refractivity contribution in [1.29, 1.82) is 0 Å². The van der Waals surface area contributed by atoms with Gasteiger partial charge < -0.3 is 38.5 Å². The van der Waals surface area contributed by atoms with Crippen molar-refractivity contribution in [2.45, 2.75) is 347 Å². The van der Waals surface area contributed by atoms with Crippen LogP contribution >= 0.6 is 0 Å². The number of amides is 4. The molecule has 1 aromatic heterocycles. The van der Waals surface area contributed by atoms with Gasteiger partial charge in [-0.1, -0.05) is 316 Å². The van der Waals surface area contributed by atoms with Crippen LogP contribution in [0, 0.1) is 54.1 Å². The Morgan fingerprint density at radius 2 is 0.718 bits per heavy atom. The van der Waals surface area contributed by atoms with E-state index in [1.807, 2.05) is 149 Å². The normalized spacial score (nSPS) is 11.6. The van der Waals surface area contributed by atoms with Crippen molar-refractivity contribution < 1.29 is 66.9 Å². The van der Waals surface area contributed by atoms with Crippen LogP contribution in [0.2, 0.25) is 0 Å². The van der Waals surface area contributed by atoms with Gasteiger partial charge in [-0.15, -0.1) is 13.2 Å². The summed E-state index contributed by atoms with van der Waals surface area (Å²) in [6.07, 6.45) is 28.7. The van der Waals surface area contributed by atoms with Crippen LogP contribution < -0.4 is 0 Å². The molecule has 131 heavy (non-hydrogen) atoms. The minimum Gasteiger partial charge on any atom is -0.462 e. The number of rotatable bonds is 30. The Kier molecular flexibility index (Phi) is 78.6. The maximum atomic E-state index is 11.4. The second-order valence-corrected chi connectivity index (χ2v) is 45.1. The largest absolute Gasteiger partial charge is 0.462 e. The Labute approximate surface area is 804 Å². The molecule has 2 unspecified atom stereocenters. The van der Waals surface area contributed by atoms with Crippen LogP contribution in [0.25, 0.3) is 6.08 Å². The number of aromatic nitrogens is 1. The van der Waals surface area contributed by atoms with Gasteiger partial charge in [-0.2, -0.15) is 0 Å². The number of carbonyl (C=O) groups is 10. The summed E-state index contributed by atoms with van der Waals surface area (Å²) in [6, 6.07) is 4.07. The van der Waals surface area contributed by atoms with Gasteiger partial charge in [0.15, 0.2) is 11.6 Å². The number of nitrogens with zero attached hydrogens (tertiary/aromatic N) is 5. The molecule has 2 atom stereocenters. The van der Waals surface area contributed by atoms with Gasteiger partial charge in [0, 0.05) is 95.7 Å². The molecule has 0 saturated carbocycles. The molecule has 4 amide bonds. The fourth-order valence-electron chi connectivity index (χ4n) is 8.95. The summed E-state index contributed by atoms with van der Waals surface area (Å²) >= 11 is 0. The van der Waals surface area contributed by atoms with E-state index in [0.717, 1.165) is 75.4 Å². The Morgan fingerprint density at radius 3 is 1.02 bits per heavy atom. The lowest BCUT2D eigenvalue weighted by Crippen LogP contribution is -2.36. The highest BCUT2D eigenvalue weighted by molar-refractivity contribution is 5.91. The topological polar surface area (TPSA) is 233 Å². The Morgan fingerprint density at radius 1 is 0.389 bits per heavy atom. The van der Waals surface area contributed by atoms with E-state index in [1.54, 1.807) is 77.3 Å². The van der Waals surface area contributed by atoms with Crippen molar-refractivity contribution in [1.82, 2.24) is 24.6 Å². The highest BCUT2D eigenvalue weighted by Gasteiger charge is 2.26. The molecule has 0 spiro atoms. The average molecular weight is 1840 g/mol. The number of ketones is 2. The Balaban J connectivity index is -0.000000154. The van der Waals surface area contributed by atoms with Crippen LogP contribution in [0.15, 0.2) is 174 Å². The molecular weight excluding hydrogens is 1640 g/mol. The zero-order valence-electron chi connectivity index (χ0n) is 92.0. The minimum absolute atomic E-state index is 0.00132. The first kappa shape index (κ1) is 142. The quantitative estimate of drug-likeness (QED) is 0.0301. The van der Waals surface area contributed by atoms with Gasteiger partial charge in [0.2, 0.25) is 23.6 Å². The van der Waals surface area contributed by atoms with Crippen LogP contribution in [0.5, 0.6) is 0 Å². The first-order valence-corrected chi connectivity index (χ1v) is 46.0. The van der Waals surface area contributed by atoms with E-state index >= 15 is 0 Å². The predicted octanol–water partition coefficient (Wildman–Crippen LogP) is 27.3. The van der Waals surface area contributed by atoms with Crippen LogP contribution in [-0.2, 0) is 72.3 Å². The van der Waals surface area contributed by atoms with E-state index in [-0.39, 0.29) is 131 Å². The summed E-state index contributed by atoms with van der Waals surface area (Å²) < 4.78 is 19.9. The summed E-state index contributed by atoms with van der Waals surface area (Å²) in [6.45, 7) is 127. The van der Waals surface area contributed by atoms with Gasteiger partial charge in [0.25, 0.3) is 0 Å². The molecule has 1 aromatic rings. The third-order valence-corrected chi connectivity index (χ3v) is 16.8. The predicted molar refractivity (Wildman–Crippen MR) is 561 cm³/mol. The van der Waals surface area contributed by atoms with Gasteiger partial charge in [0.1, 0.15) is 12.2 Å². The lowest BCUT2D eigenvalue weighted by Gasteiger charge is -2.28. The van der Waals surface area contributed by atoms with E-state index in [2.05, 4.69) is 216 Å². The molecule has 0 aliphatic heterocycles. The Hall–Kier alpha value is -9.13. The summed E-state index contributed by atoms with van der Waals surface area (Å²) in [5.74, 6) is -0.740. The third-order valence-electron chi connectivity index (χ3n) is 16.8. The van der Waals surface area contributed by atoms with Crippen molar-refractivity contribution in [2.24, 2.45) is 54.1 Å². The van der Waals surface area contributed by atoms with Gasteiger partial charge in [0.05, 0.1) is 18.9 Å². The molecule has 1 heterocycles. The molecule has 0 aromatic carbocycles. The zero-order valence-corrected chi connectivity index (χ0v) is 92.0. The molecule has 0 fully saturated rings. The van der Waals surface area contributed by atoms with E-state index in [1.165, 1.54) is 54.2 Å². The van der Waals surface area contributed by atoms with E-state index in [0.29, 0.717) is 39.1 Å². The molecule has 1 rings (SSSR count). The molecule has 19 nitrogen and oxygen atoms in total.